The summed E-state index contributed by atoms with van der Waals surface area (Å²) in [6.45, 7) is 2.18. The zero-order valence-electron chi connectivity index (χ0n) is 10.4. The van der Waals surface area contributed by atoms with Gasteiger partial charge < -0.3 is 10.8 Å². The Labute approximate surface area is 103 Å². The predicted molar refractivity (Wildman–Crippen MR) is 69.0 cm³/mol. The Morgan fingerprint density at radius 1 is 1.29 bits per heavy atom. The van der Waals surface area contributed by atoms with Crippen molar-refractivity contribution in [3.05, 3.63) is 35.4 Å². The highest BCUT2D eigenvalue weighted by Gasteiger charge is 2.08. The van der Waals surface area contributed by atoms with Crippen LogP contribution in [0.25, 0.3) is 0 Å². The van der Waals surface area contributed by atoms with E-state index in [4.69, 9.17) is 10.8 Å². The van der Waals surface area contributed by atoms with Gasteiger partial charge in [0.1, 0.15) is 0 Å². The van der Waals surface area contributed by atoms with Crippen LogP contribution >= 0.6 is 0 Å². The molecule has 3 nitrogen and oxygen atoms in total. The number of benzene rings is 1. The standard InChI is InChI=1S/C14H21NO2/c1-2-3-4-11-5-7-12(8-6-11)9-13(15)10-14(16)17/h5-8,13H,2-4,9-10,15H2,1H3,(H,16,17)/t13-/m0/s1. The summed E-state index contributed by atoms with van der Waals surface area (Å²) in [5, 5.41) is 8.62. The molecule has 0 amide bonds. The molecule has 0 fully saturated rings. The van der Waals surface area contributed by atoms with E-state index < -0.39 is 5.97 Å². The van der Waals surface area contributed by atoms with Crippen LogP contribution in [0.4, 0.5) is 0 Å². The van der Waals surface area contributed by atoms with Gasteiger partial charge in [-0.2, -0.15) is 0 Å². The van der Waals surface area contributed by atoms with Gasteiger partial charge in [-0.15, -0.1) is 0 Å². The fourth-order valence-corrected chi connectivity index (χ4v) is 1.82. The molecular weight excluding hydrogens is 214 g/mol. The predicted octanol–water partition coefficient (Wildman–Crippen LogP) is 2.37. The van der Waals surface area contributed by atoms with E-state index in [1.807, 2.05) is 12.1 Å². The third-order valence-corrected chi connectivity index (χ3v) is 2.78. The molecule has 0 aromatic heterocycles. The fourth-order valence-electron chi connectivity index (χ4n) is 1.82. The average molecular weight is 235 g/mol. The summed E-state index contributed by atoms with van der Waals surface area (Å²) in [5.74, 6) is -0.836. The van der Waals surface area contributed by atoms with Gasteiger partial charge in [-0.1, -0.05) is 37.6 Å². The second-order valence-electron chi connectivity index (χ2n) is 4.48. The van der Waals surface area contributed by atoms with Gasteiger partial charge in [0.25, 0.3) is 0 Å². The van der Waals surface area contributed by atoms with Gasteiger partial charge in [0.2, 0.25) is 0 Å². The van der Waals surface area contributed by atoms with E-state index in [2.05, 4.69) is 19.1 Å². The summed E-state index contributed by atoms with van der Waals surface area (Å²) in [4.78, 5) is 10.5. The van der Waals surface area contributed by atoms with E-state index in [0.717, 1.165) is 12.0 Å². The van der Waals surface area contributed by atoms with E-state index in [1.165, 1.54) is 18.4 Å². The zero-order chi connectivity index (χ0) is 12.7. The van der Waals surface area contributed by atoms with Crippen LogP contribution in [0.15, 0.2) is 24.3 Å². The van der Waals surface area contributed by atoms with Crippen molar-refractivity contribution < 1.29 is 9.90 Å². The van der Waals surface area contributed by atoms with Gasteiger partial charge in [-0.3, -0.25) is 4.79 Å². The minimum Gasteiger partial charge on any atom is -0.481 e. The minimum atomic E-state index is -0.836. The van der Waals surface area contributed by atoms with Gasteiger partial charge in [-0.05, 0) is 30.4 Å². The summed E-state index contributed by atoms with van der Waals surface area (Å²) in [7, 11) is 0. The highest BCUT2D eigenvalue weighted by atomic mass is 16.4. The molecule has 0 aliphatic heterocycles. The maximum absolute atomic E-state index is 10.5. The third-order valence-electron chi connectivity index (χ3n) is 2.78. The second-order valence-corrected chi connectivity index (χ2v) is 4.48. The Morgan fingerprint density at radius 3 is 2.41 bits per heavy atom. The molecule has 0 saturated carbocycles. The van der Waals surface area contributed by atoms with Crippen LogP contribution < -0.4 is 5.73 Å². The first-order chi connectivity index (χ1) is 8.11. The van der Waals surface area contributed by atoms with Crippen molar-refractivity contribution in [3.8, 4) is 0 Å². The normalized spacial score (nSPS) is 12.4. The first-order valence-electron chi connectivity index (χ1n) is 6.17. The molecule has 0 spiro atoms. The number of aliphatic carboxylic acids is 1. The SMILES string of the molecule is CCCCc1ccc(C[C@H](N)CC(=O)O)cc1. The smallest absolute Gasteiger partial charge is 0.304 e. The van der Waals surface area contributed by atoms with Gasteiger partial charge >= 0.3 is 5.97 Å². The lowest BCUT2D eigenvalue weighted by Crippen LogP contribution is -2.26. The van der Waals surface area contributed by atoms with Crippen LogP contribution in [0.2, 0.25) is 0 Å². The Balaban J connectivity index is 2.47. The lowest BCUT2D eigenvalue weighted by atomic mass is 10.0. The molecule has 17 heavy (non-hydrogen) atoms. The summed E-state index contributed by atoms with van der Waals surface area (Å²) < 4.78 is 0. The van der Waals surface area contributed by atoms with Crippen LogP contribution in [0.3, 0.4) is 0 Å². The summed E-state index contributed by atoms with van der Waals surface area (Å²) in [6, 6.07) is 8.02. The van der Waals surface area contributed by atoms with E-state index in [-0.39, 0.29) is 12.5 Å². The Morgan fingerprint density at radius 2 is 1.88 bits per heavy atom. The van der Waals surface area contributed by atoms with Crippen molar-refractivity contribution in [1.29, 1.82) is 0 Å². The summed E-state index contributed by atoms with van der Waals surface area (Å²) in [5.41, 5.74) is 8.19. The van der Waals surface area contributed by atoms with Gasteiger partial charge in [0.05, 0.1) is 6.42 Å². The van der Waals surface area contributed by atoms with E-state index >= 15 is 0 Å². The van der Waals surface area contributed by atoms with Crippen LogP contribution in [0.1, 0.15) is 37.3 Å². The maximum Gasteiger partial charge on any atom is 0.304 e. The Bertz CT molecular complexity index is 346. The monoisotopic (exact) mass is 235 g/mol. The lowest BCUT2D eigenvalue weighted by Gasteiger charge is -2.09. The highest BCUT2D eigenvalue weighted by molar-refractivity contribution is 5.67. The largest absolute Gasteiger partial charge is 0.481 e. The first kappa shape index (κ1) is 13.7. The number of nitrogens with two attached hydrogens (primary N) is 1. The molecule has 1 aromatic carbocycles. The molecular formula is C14H21NO2. The van der Waals surface area contributed by atoms with E-state index in [9.17, 15) is 4.79 Å². The molecule has 0 aliphatic rings. The highest BCUT2D eigenvalue weighted by Crippen LogP contribution is 2.10. The van der Waals surface area contributed by atoms with Crippen molar-refractivity contribution in [2.24, 2.45) is 5.73 Å². The summed E-state index contributed by atoms with van der Waals surface area (Å²) in [6.07, 6.45) is 4.17. The summed E-state index contributed by atoms with van der Waals surface area (Å²) >= 11 is 0. The molecule has 3 N–H and O–H groups in total. The molecule has 1 rings (SSSR count). The number of hydrogen-bond acceptors (Lipinski definition) is 2. The number of carboxylic acid groups (broad SMARTS) is 1. The van der Waals surface area contributed by atoms with Gasteiger partial charge in [-0.25, -0.2) is 0 Å². The van der Waals surface area contributed by atoms with Gasteiger partial charge in [0, 0.05) is 6.04 Å². The lowest BCUT2D eigenvalue weighted by molar-refractivity contribution is -0.137. The Hall–Kier alpha value is -1.35. The van der Waals surface area contributed by atoms with Crippen LogP contribution in [0, 0.1) is 0 Å². The molecule has 0 heterocycles. The average Bonchev–Trinajstić information content (AvgIpc) is 2.27. The van der Waals surface area contributed by atoms with Crippen LogP contribution in [-0.4, -0.2) is 17.1 Å². The molecule has 1 atom stereocenters. The first-order valence-corrected chi connectivity index (χ1v) is 6.17. The molecule has 0 bridgehead atoms. The zero-order valence-corrected chi connectivity index (χ0v) is 10.4. The molecule has 0 unspecified atom stereocenters. The minimum absolute atomic E-state index is 0.0254. The van der Waals surface area contributed by atoms with Crippen molar-refractivity contribution >= 4 is 5.97 Å². The topological polar surface area (TPSA) is 63.3 Å². The quantitative estimate of drug-likeness (QED) is 0.762. The molecule has 1 aromatic rings. The second kappa shape index (κ2) is 7.07. The van der Waals surface area contributed by atoms with E-state index in [0.29, 0.717) is 6.42 Å². The maximum atomic E-state index is 10.5. The van der Waals surface area contributed by atoms with Crippen LogP contribution in [0.5, 0.6) is 0 Å². The van der Waals surface area contributed by atoms with E-state index in [1.54, 1.807) is 0 Å². The molecule has 0 aliphatic carbocycles. The number of aryl methyl sites for hydroxylation is 1. The molecule has 3 heteroatoms. The fraction of sp³-hybridized carbons (Fsp3) is 0.500. The third kappa shape index (κ3) is 5.50. The van der Waals surface area contributed by atoms with Crippen molar-refractivity contribution in [2.45, 2.75) is 45.1 Å². The van der Waals surface area contributed by atoms with Crippen molar-refractivity contribution in [3.63, 3.8) is 0 Å². The molecule has 94 valence electrons. The number of unbranched alkanes of at least 4 members (excludes halogenated alkanes) is 1. The molecule has 0 saturated heterocycles. The van der Waals surface area contributed by atoms with Gasteiger partial charge in [0.15, 0.2) is 0 Å². The number of carbonyl (C=O) groups is 1. The number of rotatable bonds is 7. The molecule has 0 radical (unpaired) electrons. The van der Waals surface area contributed by atoms with Crippen molar-refractivity contribution in [2.75, 3.05) is 0 Å². The Kier molecular flexibility index (Phi) is 5.70. The number of carboxylic acids is 1. The van der Waals surface area contributed by atoms with Crippen LogP contribution in [-0.2, 0) is 17.6 Å². The van der Waals surface area contributed by atoms with Crippen molar-refractivity contribution in [1.82, 2.24) is 0 Å². The number of hydrogen-bond donors (Lipinski definition) is 2.